The van der Waals surface area contributed by atoms with Gasteiger partial charge in [-0.15, -0.1) is 0 Å². The molecule has 0 aliphatic carbocycles. The predicted octanol–water partition coefficient (Wildman–Crippen LogP) is 3.53. The molecular formula is C16H19ClN2O. The molecule has 0 N–H and O–H groups in total. The molecule has 0 aliphatic heterocycles. The maximum absolute atomic E-state index is 6.32. The molecule has 0 saturated carbocycles. The van der Waals surface area contributed by atoms with E-state index in [9.17, 15) is 0 Å². The fraction of sp³-hybridized carbons (Fsp3) is 0.375. The van der Waals surface area contributed by atoms with Crippen molar-refractivity contribution in [3.8, 4) is 0 Å². The highest BCUT2D eigenvalue weighted by molar-refractivity contribution is 6.30. The van der Waals surface area contributed by atoms with Gasteiger partial charge in [0.25, 0.3) is 0 Å². The maximum Gasteiger partial charge on any atom is 0.136 e. The Kier molecular flexibility index (Phi) is 5.10. The van der Waals surface area contributed by atoms with E-state index in [4.69, 9.17) is 16.3 Å². The van der Waals surface area contributed by atoms with Crippen LogP contribution in [0.15, 0.2) is 24.3 Å². The van der Waals surface area contributed by atoms with E-state index in [1.54, 1.807) is 7.11 Å². The SMILES string of the molecule is COCCc1nc(C)c(Cc2ccccc2C)c(Cl)n1. The summed E-state index contributed by atoms with van der Waals surface area (Å²) < 4.78 is 5.04. The summed E-state index contributed by atoms with van der Waals surface area (Å²) in [5, 5.41) is 0.548. The van der Waals surface area contributed by atoms with Gasteiger partial charge in [-0.25, -0.2) is 9.97 Å². The summed E-state index contributed by atoms with van der Waals surface area (Å²) in [6.45, 7) is 4.69. The number of nitrogens with zero attached hydrogens (tertiary/aromatic N) is 2. The van der Waals surface area contributed by atoms with Gasteiger partial charge in [-0.3, -0.25) is 0 Å². The van der Waals surface area contributed by atoms with Gasteiger partial charge in [-0.05, 0) is 25.0 Å². The normalized spacial score (nSPS) is 10.8. The highest BCUT2D eigenvalue weighted by Crippen LogP contribution is 2.22. The molecule has 0 aliphatic rings. The van der Waals surface area contributed by atoms with Gasteiger partial charge in [0.1, 0.15) is 11.0 Å². The molecule has 4 heteroatoms. The lowest BCUT2D eigenvalue weighted by molar-refractivity contribution is 0.200. The molecule has 1 heterocycles. The molecule has 0 radical (unpaired) electrons. The Bertz CT molecular complexity index is 576. The molecule has 106 valence electrons. The maximum atomic E-state index is 6.32. The van der Waals surface area contributed by atoms with Crippen LogP contribution in [0.3, 0.4) is 0 Å². The first-order valence-corrected chi connectivity index (χ1v) is 7.05. The van der Waals surface area contributed by atoms with Crippen molar-refractivity contribution in [2.45, 2.75) is 26.7 Å². The third-order valence-electron chi connectivity index (χ3n) is 3.37. The van der Waals surface area contributed by atoms with Gasteiger partial charge in [0.05, 0.1) is 6.61 Å². The molecule has 0 saturated heterocycles. The number of benzene rings is 1. The second-order valence-electron chi connectivity index (χ2n) is 4.84. The average molecular weight is 291 g/mol. The molecule has 20 heavy (non-hydrogen) atoms. The predicted molar refractivity (Wildman–Crippen MR) is 81.3 cm³/mol. The smallest absolute Gasteiger partial charge is 0.136 e. The van der Waals surface area contributed by atoms with Crippen LogP contribution in [0.4, 0.5) is 0 Å². The van der Waals surface area contributed by atoms with Crippen LogP contribution in [-0.2, 0) is 17.6 Å². The van der Waals surface area contributed by atoms with Gasteiger partial charge in [-0.2, -0.15) is 0 Å². The zero-order valence-corrected chi connectivity index (χ0v) is 12.9. The number of rotatable bonds is 5. The lowest BCUT2D eigenvalue weighted by Gasteiger charge is -2.11. The van der Waals surface area contributed by atoms with Crippen LogP contribution in [0, 0.1) is 13.8 Å². The van der Waals surface area contributed by atoms with Crippen LogP contribution in [0.2, 0.25) is 5.15 Å². The third-order valence-corrected chi connectivity index (χ3v) is 3.68. The minimum absolute atomic E-state index is 0.548. The first-order chi connectivity index (χ1) is 9.61. The first-order valence-electron chi connectivity index (χ1n) is 6.67. The van der Waals surface area contributed by atoms with Gasteiger partial charge in [-0.1, -0.05) is 35.9 Å². The van der Waals surface area contributed by atoms with E-state index in [-0.39, 0.29) is 0 Å². The van der Waals surface area contributed by atoms with Gasteiger partial charge in [0, 0.05) is 31.2 Å². The Balaban J connectivity index is 2.27. The fourth-order valence-electron chi connectivity index (χ4n) is 2.12. The van der Waals surface area contributed by atoms with Crippen molar-refractivity contribution in [2.75, 3.05) is 13.7 Å². The Morgan fingerprint density at radius 3 is 2.55 bits per heavy atom. The molecule has 0 bridgehead atoms. The Morgan fingerprint density at radius 2 is 1.90 bits per heavy atom. The van der Waals surface area contributed by atoms with Crippen molar-refractivity contribution in [2.24, 2.45) is 0 Å². The Hall–Kier alpha value is -1.45. The quantitative estimate of drug-likeness (QED) is 0.790. The summed E-state index contributed by atoms with van der Waals surface area (Å²) in [5.74, 6) is 0.739. The highest BCUT2D eigenvalue weighted by atomic mass is 35.5. The monoisotopic (exact) mass is 290 g/mol. The highest BCUT2D eigenvalue weighted by Gasteiger charge is 2.11. The lowest BCUT2D eigenvalue weighted by Crippen LogP contribution is -2.06. The summed E-state index contributed by atoms with van der Waals surface area (Å²) >= 11 is 6.32. The van der Waals surface area contributed by atoms with Crippen LogP contribution in [0.25, 0.3) is 0 Å². The lowest BCUT2D eigenvalue weighted by atomic mass is 10.0. The molecule has 2 rings (SSSR count). The molecule has 0 amide bonds. The van der Waals surface area contributed by atoms with E-state index >= 15 is 0 Å². The third kappa shape index (κ3) is 3.56. The number of hydrogen-bond acceptors (Lipinski definition) is 3. The number of aromatic nitrogens is 2. The van der Waals surface area contributed by atoms with E-state index in [0.29, 0.717) is 18.2 Å². The van der Waals surface area contributed by atoms with Crippen LogP contribution in [0.1, 0.15) is 28.2 Å². The molecule has 0 fully saturated rings. The Labute approximate surface area is 125 Å². The van der Waals surface area contributed by atoms with Crippen LogP contribution < -0.4 is 0 Å². The van der Waals surface area contributed by atoms with Crippen LogP contribution in [0.5, 0.6) is 0 Å². The van der Waals surface area contributed by atoms with Crippen molar-refractivity contribution in [3.05, 3.63) is 57.6 Å². The first kappa shape index (κ1) is 14.9. The minimum Gasteiger partial charge on any atom is -0.384 e. The standard InChI is InChI=1S/C16H19ClN2O/c1-11-6-4-5-7-13(11)10-14-12(2)18-15(8-9-20-3)19-16(14)17/h4-7H,8-10H2,1-3H3. The average Bonchev–Trinajstić information content (AvgIpc) is 2.42. The van der Waals surface area contributed by atoms with Crippen molar-refractivity contribution < 1.29 is 4.74 Å². The molecule has 0 unspecified atom stereocenters. The van der Waals surface area contributed by atoms with Crippen molar-refractivity contribution in [1.29, 1.82) is 0 Å². The van der Waals surface area contributed by atoms with Crippen LogP contribution >= 0.6 is 11.6 Å². The summed E-state index contributed by atoms with van der Waals surface area (Å²) in [6.07, 6.45) is 1.45. The second kappa shape index (κ2) is 6.82. The second-order valence-corrected chi connectivity index (χ2v) is 5.20. The molecule has 2 aromatic rings. The van der Waals surface area contributed by atoms with Crippen molar-refractivity contribution in [3.63, 3.8) is 0 Å². The minimum atomic E-state index is 0.548. The number of halogens is 1. The molecule has 1 aromatic carbocycles. The van der Waals surface area contributed by atoms with E-state index in [1.165, 1.54) is 11.1 Å². The van der Waals surface area contributed by atoms with E-state index in [1.807, 2.05) is 19.1 Å². The van der Waals surface area contributed by atoms with E-state index < -0.39 is 0 Å². The zero-order valence-electron chi connectivity index (χ0n) is 12.1. The van der Waals surface area contributed by atoms with Crippen molar-refractivity contribution >= 4 is 11.6 Å². The van der Waals surface area contributed by atoms with Gasteiger partial charge in [0.15, 0.2) is 0 Å². The van der Waals surface area contributed by atoms with Gasteiger partial charge >= 0.3 is 0 Å². The topological polar surface area (TPSA) is 35.0 Å². The summed E-state index contributed by atoms with van der Waals surface area (Å²) in [7, 11) is 1.67. The number of hydrogen-bond donors (Lipinski definition) is 0. The zero-order chi connectivity index (χ0) is 14.5. The molecular weight excluding hydrogens is 272 g/mol. The van der Waals surface area contributed by atoms with Crippen LogP contribution in [-0.4, -0.2) is 23.7 Å². The largest absolute Gasteiger partial charge is 0.384 e. The molecule has 1 aromatic heterocycles. The van der Waals surface area contributed by atoms with Gasteiger partial charge in [0.2, 0.25) is 0 Å². The number of ether oxygens (including phenoxy) is 1. The molecule has 3 nitrogen and oxygen atoms in total. The summed E-state index contributed by atoms with van der Waals surface area (Å²) in [6, 6.07) is 8.30. The number of methoxy groups -OCH3 is 1. The summed E-state index contributed by atoms with van der Waals surface area (Å²) in [5.41, 5.74) is 4.46. The van der Waals surface area contributed by atoms with E-state index in [0.717, 1.165) is 23.5 Å². The summed E-state index contributed by atoms with van der Waals surface area (Å²) in [4.78, 5) is 8.89. The van der Waals surface area contributed by atoms with Crippen molar-refractivity contribution in [1.82, 2.24) is 9.97 Å². The number of aryl methyl sites for hydroxylation is 2. The van der Waals surface area contributed by atoms with E-state index in [2.05, 4.69) is 29.0 Å². The van der Waals surface area contributed by atoms with Gasteiger partial charge < -0.3 is 4.74 Å². The fourth-order valence-corrected chi connectivity index (χ4v) is 2.42. The Morgan fingerprint density at radius 1 is 1.15 bits per heavy atom. The molecule has 0 atom stereocenters. The molecule has 0 spiro atoms.